The third kappa shape index (κ3) is 16.3. The highest BCUT2D eigenvalue weighted by atomic mass is 14.0. The molecular weight excluding hydrogens is 300 g/mol. The van der Waals surface area contributed by atoms with Crippen LogP contribution in [0.25, 0.3) is 5.57 Å². The second-order valence-electron chi connectivity index (χ2n) is 5.71. The number of aryl methyl sites for hydroxylation is 1. The minimum Gasteiger partial charge on any atom is -0.0991 e. The fourth-order valence-electron chi connectivity index (χ4n) is 1.68. The number of hydrogen-bond acceptors (Lipinski definition) is 0. The molecule has 0 unspecified atom stereocenters. The summed E-state index contributed by atoms with van der Waals surface area (Å²) in [7, 11) is 0. The van der Waals surface area contributed by atoms with Crippen molar-refractivity contribution in [3.05, 3.63) is 103 Å². The Morgan fingerprint density at radius 3 is 1.72 bits per heavy atom. The van der Waals surface area contributed by atoms with Crippen LogP contribution in [0.2, 0.25) is 0 Å². The molecule has 1 aromatic carbocycles. The molecule has 0 saturated heterocycles. The first-order valence-electron chi connectivity index (χ1n) is 8.88. The van der Waals surface area contributed by atoms with Gasteiger partial charge < -0.3 is 0 Å². The largest absolute Gasteiger partial charge is 0.0991 e. The van der Waals surface area contributed by atoms with Crippen LogP contribution < -0.4 is 0 Å². The highest BCUT2D eigenvalue weighted by molar-refractivity contribution is 5.61. The normalized spacial score (nSPS) is 9.64. The van der Waals surface area contributed by atoms with Crippen LogP contribution >= 0.6 is 0 Å². The number of benzene rings is 1. The fraction of sp³-hybridized carbons (Fsp3) is 0.280. The third-order valence-corrected chi connectivity index (χ3v) is 2.97. The van der Waals surface area contributed by atoms with Gasteiger partial charge in [-0.15, -0.1) is 0 Å². The van der Waals surface area contributed by atoms with E-state index in [1.807, 2.05) is 58.9 Å². The lowest BCUT2D eigenvalue weighted by atomic mass is 10.0. The van der Waals surface area contributed by atoms with Crippen LogP contribution in [0, 0.1) is 0 Å². The molecule has 0 spiro atoms. The van der Waals surface area contributed by atoms with Crippen molar-refractivity contribution < 1.29 is 0 Å². The summed E-state index contributed by atoms with van der Waals surface area (Å²) in [5.74, 6) is 0. The summed E-state index contributed by atoms with van der Waals surface area (Å²) < 4.78 is 0. The quantitative estimate of drug-likeness (QED) is 0.441. The molecule has 0 saturated carbocycles. The van der Waals surface area contributed by atoms with E-state index in [1.54, 1.807) is 0 Å². The molecule has 0 bridgehead atoms. The Kier molecular flexibility index (Phi) is 16.5. The van der Waals surface area contributed by atoms with Crippen molar-refractivity contribution in [2.24, 2.45) is 0 Å². The lowest BCUT2D eigenvalue weighted by Gasteiger charge is -2.02. The van der Waals surface area contributed by atoms with Crippen molar-refractivity contribution in [2.75, 3.05) is 0 Å². The minimum absolute atomic E-state index is 1.06. The Morgan fingerprint density at radius 2 is 1.36 bits per heavy atom. The van der Waals surface area contributed by atoms with Crippen LogP contribution in [-0.2, 0) is 6.42 Å². The number of rotatable bonds is 7. The van der Waals surface area contributed by atoms with Crippen LogP contribution in [0.1, 0.15) is 52.2 Å². The molecule has 0 radical (unpaired) electrons. The van der Waals surface area contributed by atoms with Crippen molar-refractivity contribution in [2.45, 2.75) is 47.5 Å². The van der Waals surface area contributed by atoms with Crippen LogP contribution in [-0.4, -0.2) is 0 Å². The van der Waals surface area contributed by atoms with E-state index in [-0.39, 0.29) is 0 Å². The van der Waals surface area contributed by atoms with Crippen LogP contribution in [0.15, 0.2) is 92.1 Å². The Hall–Kier alpha value is -2.34. The first kappa shape index (κ1) is 24.9. The maximum atomic E-state index is 3.92. The van der Waals surface area contributed by atoms with Gasteiger partial charge in [0.1, 0.15) is 0 Å². The molecule has 1 aromatic rings. The van der Waals surface area contributed by atoms with Gasteiger partial charge in [0.05, 0.1) is 0 Å². The molecule has 25 heavy (non-hydrogen) atoms. The standard InChI is InChI=1S/C15H18.C8H12.C2H6/c1-4-5-6-7-8-14-9-11-15(12-10-14)13(2)3;1-7(2)5-6-8(3)4;1-2/h4-6,9-12H,1-2,7-8H2,3H3;5-6H,1,3H2,2,4H3;1-2H3/b2*6-5-;. The molecule has 0 aliphatic heterocycles. The van der Waals surface area contributed by atoms with Crippen molar-refractivity contribution in [3.8, 4) is 0 Å². The van der Waals surface area contributed by atoms with E-state index in [0.717, 1.165) is 29.6 Å². The molecule has 0 aromatic heterocycles. The Labute approximate surface area is 156 Å². The van der Waals surface area contributed by atoms with Crippen LogP contribution in [0.4, 0.5) is 0 Å². The zero-order chi connectivity index (χ0) is 19.7. The summed E-state index contributed by atoms with van der Waals surface area (Å²) in [5, 5.41) is 0. The maximum Gasteiger partial charge on any atom is -0.0233 e. The molecule has 0 amide bonds. The molecule has 0 heterocycles. The Morgan fingerprint density at radius 1 is 0.880 bits per heavy atom. The summed E-state index contributed by atoms with van der Waals surface area (Å²) >= 11 is 0. The van der Waals surface area contributed by atoms with Gasteiger partial charge in [-0.05, 0) is 44.7 Å². The van der Waals surface area contributed by atoms with Crippen molar-refractivity contribution >= 4 is 5.57 Å². The van der Waals surface area contributed by atoms with Gasteiger partial charge in [-0.1, -0.05) is 112 Å². The average Bonchev–Trinajstić information content (AvgIpc) is 2.60. The van der Waals surface area contributed by atoms with Gasteiger partial charge in [0.15, 0.2) is 0 Å². The number of allylic oxidation sites excluding steroid dienone is 8. The third-order valence-electron chi connectivity index (χ3n) is 2.97. The first-order chi connectivity index (χ1) is 11.9. The van der Waals surface area contributed by atoms with Gasteiger partial charge in [0.2, 0.25) is 0 Å². The minimum atomic E-state index is 1.06. The fourth-order valence-corrected chi connectivity index (χ4v) is 1.68. The van der Waals surface area contributed by atoms with Gasteiger partial charge in [-0.25, -0.2) is 0 Å². The van der Waals surface area contributed by atoms with E-state index in [2.05, 4.69) is 56.7 Å². The summed E-state index contributed by atoms with van der Waals surface area (Å²) in [6, 6.07) is 8.61. The average molecular weight is 337 g/mol. The van der Waals surface area contributed by atoms with Gasteiger partial charge in [0, 0.05) is 0 Å². The highest BCUT2D eigenvalue weighted by Gasteiger charge is 1.94. The second-order valence-corrected chi connectivity index (χ2v) is 5.71. The molecular formula is C25H36. The zero-order valence-electron chi connectivity index (χ0n) is 16.9. The van der Waals surface area contributed by atoms with Crippen molar-refractivity contribution in [1.82, 2.24) is 0 Å². The molecule has 1 rings (SSSR count). The monoisotopic (exact) mass is 336 g/mol. The van der Waals surface area contributed by atoms with Crippen LogP contribution in [0.3, 0.4) is 0 Å². The molecule has 0 nitrogen and oxygen atoms in total. The van der Waals surface area contributed by atoms with E-state index < -0.39 is 0 Å². The molecule has 136 valence electrons. The first-order valence-corrected chi connectivity index (χ1v) is 8.88. The second kappa shape index (κ2) is 16.5. The van der Waals surface area contributed by atoms with Gasteiger partial charge in [-0.2, -0.15) is 0 Å². The van der Waals surface area contributed by atoms with E-state index in [0.29, 0.717) is 0 Å². The Balaban J connectivity index is 0. The van der Waals surface area contributed by atoms with Crippen LogP contribution in [0.5, 0.6) is 0 Å². The molecule has 0 fully saturated rings. The van der Waals surface area contributed by atoms with E-state index >= 15 is 0 Å². The lowest BCUT2D eigenvalue weighted by Crippen LogP contribution is -1.84. The van der Waals surface area contributed by atoms with E-state index in [1.165, 1.54) is 11.1 Å². The summed E-state index contributed by atoms with van der Waals surface area (Å²) in [4.78, 5) is 0. The maximum absolute atomic E-state index is 3.92. The van der Waals surface area contributed by atoms with Gasteiger partial charge in [-0.3, -0.25) is 0 Å². The van der Waals surface area contributed by atoms with E-state index in [4.69, 9.17) is 0 Å². The van der Waals surface area contributed by atoms with Crippen molar-refractivity contribution in [3.63, 3.8) is 0 Å². The summed E-state index contributed by atoms with van der Waals surface area (Å²) in [6.45, 7) is 24.9. The summed E-state index contributed by atoms with van der Waals surface area (Å²) in [5.41, 5.74) is 5.84. The van der Waals surface area contributed by atoms with Gasteiger partial charge >= 0.3 is 0 Å². The molecule has 0 aliphatic carbocycles. The van der Waals surface area contributed by atoms with Gasteiger partial charge in [0.25, 0.3) is 0 Å². The predicted molar refractivity (Wildman–Crippen MR) is 119 cm³/mol. The molecule has 0 N–H and O–H groups in total. The molecule has 0 aliphatic rings. The smallest absolute Gasteiger partial charge is 0.0233 e. The predicted octanol–water partition coefficient (Wildman–Crippen LogP) is 8.12. The van der Waals surface area contributed by atoms with Crippen molar-refractivity contribution in [1.29, 1.82) is 0 Å². The highest BCUT2D eigenvalue weighted by Crippen LogP contribution is 2.13. The van der Waals surface area contributed by atoms with E-state index in [9.17, 15) is 0 Å². The molecule has 0 atom stereocenters. The number of hydrogen-bond donors (Lipinski definition) is 0. The zero-order valence-corrected chi connectivity index (χ0v) is 16.9. The topological polar surface area (TPSA) is 0 Å². The summed E-state index contributed by atoms with van der Waals surface area (Å²) in [6.07, 6.45) is 12.0. The molecule has 0 heteroatoms. The Bertz CT molecular complexity index is 561. The lowest BCUT2D eigenvalue weighted by molar-refractivity contribution is 1.00. The SMILES string of the molecule is C=C(C)/C=C\C(=C)C.C=C/C=C\CCc1ccc(C(=C)C)cc1.CC.